The number of benzene rings is 2. The summed E-state index contributed by atoms with van der Waals surface area (Å²) in [4.78, 5) is 24.0. The van der Waals surface area contributed by atoms with Crippen molar-refractivity contribution in [2.45, 2.75) is 39.2 Å². The Morgan fingerprint density at radius 3 is 2.35 bits per heavy atom. The highest BCUT2D eigenvalue weighted by molar-refractivity contribution is 7.52. The zero-order chi connectivity index (χ0) is 24.7. The number of carbonyl (C=O) groups is 1. The van der Waals surface area contributed by atoms with Gasteiger partial charge in [-0.1, -0.05) is 56.3 Å². The van der Waals surface area contributed by atoms with E-state index < -0.39 is 36.6 Å². The van der Waals surface area contributed by atoms with Crippen LogP contribution in [0.5, 0.6) is 0 Å². The van der Waals surface area contributed by atoms with Crippen molar-refractivity contribution in [2.75, 3.05) is 13.2 Å². The highest BCUT2D eigenvalue weighted by Gasteiger charge is 2.53. The number of non-ortho nitro benzene ring substituents is 1. The number of hydrogen-bond acceptors (Lipinski definition) is 6. The lowest BCUT2D eigenvalue weighted by Gasteiger charge is -2.49. The van der Waals surface area contributed by atoms with Gasteiger partial charge in [-0.3, -0.25) is 14.9 Å². The van der Waals surface area contributed by atoms with Gasteiger partial charge in [0.2, 0.25) is 8.38 Å². The summed E-state index contributed by atoms with van der Waals surface area (Å²) in [6, 6.07) is 15.6. The minimum atomic E-state index is -1.55. The summed E-state index contributed by atoms with van der Waals surface area (Å²) in [7, 11) is -1.55. The smallest absolute Gasteiger partial charge is 0.310 e. The van der Waals surface area contributed by atoms with Gasteiger partial charge in [0.05, 0.1) is 29.6 Å². The molecule has 0 spiro atoms. The van der Waals surface area contributed by atoms with Crippen LogP contribution in [0.3, 0.4) is 0 Å². The van der Waals surface area contributed by atoms with Crippen molar-refractivity contribution in [3.63, 3.8) is 0 Å². The highest BCUT2D eigenvalue weighted by atomic mass is 31.2. The molecule has 2 aromatic rings. The van der Waals surface area contributed by atoms with Crippen LogP contribution in [0.2, 0.25) is 0 Å². The molecule has 8 nitrogen and oxygen atoms in total. The van der Waals surface area contributed by atoms with Crippen molar-refractivity contribution in [1.29, 1.82) is 0 Å². The van der Waals surface area contributed by atoms with Crippen LogP contribution >= 0.6 is 8.38 Å². The summed E-state index contributed by atoms with van der Waals surface area (Å²) in [6.45, 7) is 8.81. The van der Waals surface area contributed by atoms with Gasteiger partial charge in [0.1, 0.15) is 0 Å². The van der Waals surface area contributed by atoms with Gasteiger partial charge in [-0.2, -0.15) is 0 Å². The van der Waals surface area contributed by atoms with E-state index in [9.17, 15) is 20.0 Å². The molecule has 0 aliphatic carbocycles. The number of carboxylic acids is 1. The van der Waals surface area contributed by atoms with E-state index in [1.165, 1.54) is 12.1 Å². The fourth-order valence-electron chi connectivity index (χ4n) is 4.80. The molecule has 2 aliphatic heterocycles. The van der Waals surface area contributed by atoms with E-state index >= 15 is 0 Å². The molecular formula is C25H29N2O6P. The predicted octanol–water partition coefficient (Wildman–Crippen LogP) is 5.51. The number of rotatable bonds is 5. The van der Waals surface area contributed by atoms with Crippen LogP contribution in [-0.4, -0.2) is 29.2 Å². The lowest BCUT2D eigenvalue weighted by molar-refractivity contribution is -0.384. The predicted molar refractivity (Wildman–Crippen MR) is 129 cm³/mol. The number of nitrogens with zero attached hydrogens (tertiary/aromatic N) is 1. The van der Waals surface area contributed by atoms with Crippen molar-refractivity contribution in [2.24, 2.45) is 11.3 Å². The zero-order valence-electron chi connectivity index (χ0n) is 19.6. The molecule has 1 fully saturated rings. The monoisotopic (exact) mass is 484 g/mol. The molecule has 2 N–H and O–H groups in total. The Labute approximate surface area is 200 Å². The Morgan fingerprint density at radius 1 is 1.12 bits per heavy atom. The average molecular weight is 484 g/mol. The molecule has 2 aliphatic rings. The number of carboxylic acid groups (broad SMARTS) is 1. The van der Waals surface area contributed by atoms with Crippen LogP contribution in [0, 0.1) is 21.4 Å². The van der Waals surface area contributed by atoms with Crippen molar-refractivity contribution >= 4 is 20.0 Å². The van der Waals surface area contributed by atoms with Crippen LogP contribution in [-0.2, 0) is 19.4 Å². The summed E-state index contributed by atoms with van der Waals surface area (Å²) in [6.07, 6.45) is 0. The maximum absolute atomic E-state index is 12.9. The van der Waals surface area contributed by atoms with Gasteiger partial charge >= 0.3 is 5.97 Å². The average Bonchev–Trinajstić information content (AvgIpc) is 2.79. The van der Waals surface area contributed by atoms with Gasteiger partial charge in [0, 0.05) is 34.5 Å². The number of allylic oxidation sites excluding steroid dienone is 2. The summed E-state index contributed by atoms with van der Waals surface area (Å²) in [5.41, 5.74) is 0.931. The summed E-state index contributed by atoms with van der Waals surface area (Å²) >= 11 is 0. The fraction of sp³-hybridized carbons (Fsp3) is 0.400. The third-order valence-electron chi connectivity index (χ3n) is 6.50. The van der Waals surface area contributed by atoms with E-state index in [-0.39, 0.29) is 11.1 Å². The Kier molecular flexibility index (Phi) is 6.51. The zero-order valence-corrected chi connectivity index (χ0v) is 20.5. The first-order valence-corrected chi connectivity index (χ1v) is 12.3. The maximum Gasteiger partial charge on any atom is 0.310 e. The van der Waals surface area contributed by atoms with E-state index in [0.29, 0.717) is 24.1 Å². The standard InChI is InChI=1S/C25H29N2O6P/c1-16-22(34-32-14-24(2,3)15-33-34)20(17-9-8-12-19(13-17)27(30)31)21(23(28)29)25(4,26-16)18-10-6-5-7-11-18/h5-13,20-21,26H,14-15H2,1-4H3,(H,28,29). The van der Waals surface area contributed by atoms with Gasteiger partial charge in [-0.15, -0.1) is 0 Å². The highest BCUT2D eigenvalue weighted by Crippen LogP contribution is 2.62. The molecule has 2 heterocycles. The van der Waals surface area contributed by atoms with Crippen molar-refractivity contribution in [3.8, 4) is 0 Å². The van der Waals surface area contributed by atoms with E-state index in [2.05, 4.69) is 5.32 Å². The summed E-state index contributed by atoms with van der Waals surface area (Å²) in [5.74, 6) is -2.66. The van der Waals surface area contributed by atoms with E-state index in [4.69, 9.17) is 9.05 Å². The Hall–Kier alpha value is -2.80. The van der Waals surface area contributed by atoms with E-state index in [1.807, 2.05) is 58.0 Å². The lowest BCUT2D eigenvalue weighted by atomic mass is 9.68. The number of nitro groups is 1. The van der Waals surface area contributed by atoms with Crippen LogP contribution in [0.25, 0.3) is 0 Å². The molecule has 34 heavy (non-hydrogen) atoms. The van der Waals surface area contributed by atoms with Gasteiger partial charge in [-0.25, -0.2) is 0 Å². The second kappa shape index (κ2) is 9.10. The molecule has 2 aromatic carbocycles. The van der Waals surface area contributed by atoms with Gasteiger partial charge in [0.25, 0.3) is 5.69 Å². The molecule has 0 amide bonds. The van der Waals surface area contributed by atoms with Crippen molar-refractivity contribution in [3.05, 3.63) is 86.8 Å². The normalized spacial score (nSPS) is 27.2. The first-order chi connectivity index (χ1) is 16.0. The van der Waals surface area contributed by atoms with Crippen LogP contribution < -0.4 is 5.32 Å². The Balaban J connectivity index is 1.92. The number of nitrogens with one attached hydrogen (secondary N) is 1. The minimum Gasteiger partial charge on any atom is -0.481 e. The van der Waals surface area contributed by atoms with Crippen molar-refractivity contribution in [1.82, 2.24) is 5.32 Å². The second-order valence-electron chi connectivity index (χ2n) is 9.82. The summed E-state index contributed by atoms with van der Waals surface area (Å²) < 4.78 is 12.3. The molecule has 0 radical (unpaired) electrons. The van der Waals surface area contributed by atoms with E-state index in [1.54, 1.807) is 12.1 Å². The lowest BCUT2D eigenvalue weighted by Crippen LogP contribution is -2.54. The molecule has 0 bridgehead atoms. The Morgan fingerprint density at radius 2 is 1.76 bits per heavy atom. The van der Waals surface area contributed by atoms with Crippen LogP contribution in [0.1, 0.15) is 44.7 Å². The maximum atomic E-state index is 12.9. The third-order valence-corrected chi connectivity index (χ3v) is 8.24. The summed E-state index contributed by atoms with van der Waals surface area (Å²) in [5, 5.41) is 26.3. The molecular weight excluding hydrogens is 455 g/mol. The SMILES string of the molecule is CC1=C(P2OCC(C)(C)CO2)C(c2cccc([N+](=O)[O-])c2)C(C(=O)O)C(C)(c2ccccc2)N1. The largest absolute Gasteiger partial charge is 0.481 e. The Bertz CT molecular complexity index is 1130. The number of aliphatic carboxylic acids is 1. The second-order valence-corrected chi connectivity index (χ2v) is 11.3. The van der Waals surface area contributed by atoms with Gasteiger partial charge in [-0.05, 0) is 25.0 Å². The molecule has 9 heteroatoms. The molecule has 3 atom stereocenters. The fourth-order valence-corrected chi connectivity index (χ4v) is 6.94. The number of nitro benzene ring substituents is 1. The molecule has 0 aromatic heterocycles. The molecule has 0 saturated carbocycles. The van der Waals surface area contributed by atoms with Gasteiger partial charge in [0.15, 0.2) is 0 Å². The van der Waals surface area contributed by atoms with Crippen LogP contribution in [0.15, 0.2) is 65.6 Å². The first kappa shape index (κ1) is 24.3. The molecule has 1 saturated heterocycles. The molecule has 4 rings (SSSR count). The third kappa shape index (κ3) is 4.45. The van der Waals surface area contributed by atoms with Crippen LogP contribution in [0.4, 0.5) is 5.69 Å². The van der Waals surface area contributed by atoms with Crippen molar-refractivity contribution < 1.29 is 23.9 Å². The topological polar surface area (TPSA) is 111 Å². The number of hydrogen-bond donors (Lipinski definition) is 2. The quantitative estimate of drug-likeness (QED) is 0.327. The minimum absolute atomic E-state index is 0.0852. The van der Waals surface area contributed by atoms with E-state index in [0.717, 1.165) is 11.3 Å². The molecule has 3 unspecified atom stereocenters. The first-order valence-electron chi connectivity index (χ1n) is 11.1. The van der Waals surface area contributed by atoms with Gasteiger partial charge < -0.3 is 19.5 Å². The molecule has 180 valence electrons.